The van der Waals surface area contributed by atoms with Gasteiger partial charge in [-0.2, -0.15) is 4.72 Å². The highest BCUT2D eigenvalue weighted by Gasteiger charge is 2.35. The predicted octanol–water partition coefficient (Wildman–Crippen LogP) is 4.48. The number of hydrogen-bond donors (Lipinski definition) is 1. The van der Waals surface area contributed by atoms with Crippen LogP contribution in [0.15, 0.2) is 39.7 Å². The summed E-state index contributed by atoms with van der Waals surface area (Å²) < 4.78 is 47.6. The van der Waals surface area contributed by atoms with E-state index in [-0.39, 0.29) is 14.9 Å². The van der Waals surface area contributed by atoms with Crippen molar-refractivity contribution in [1.82, 2.24) is 4.72 Å². The van der Waals surface area contributed by atoms with Crippen molar-refractivity contribution >= 4 is 43.5 Å². The van der Waals surface area contributed by atoms with Gasteiger partial charge in [0.2, 0.25) is 10.0 Å². The van der Waals surface area contributed by atoms with Gasteiger partial charge in [0.05, 0.1) is 12.0 Å². The smallest absolute Gasteiger partial charge is 0.324 e. The Morgan fingerprint density at radius 3 is 2.46 bits per heavy atom. The Morgan fingerprint density at radius 1 is 1.25 bits per heavy atom. The number of halogens is 3. The number of benzene rings is 2. The van der Waals surface area contributed by atoms with Gasteiger partial charge in [0.25, 0.3) is 0 Å². The summed E-state index contributed by atoms with van der Waals surface area (Å²) in [5, 5.41) is 0.348. The molecule has 0 fully saturated rings. The van der Waals surface area contributed by atoms with Crippen LogP contribution < -0.4 is 4.72 Å². The summed E-state index contributed by atoms with van der Waals surface area (Å²) in [4.78, 5) is 12.3. The zero-order chi connectivity index (χ0) is 21.2. The van der Waals surface area contributed by atoms with Crippen LogP contribution in [0.4, 0.5) is 4.39 Å². The predicted molar refractivity (Wildman–Crippen MR) is 110 cm³/mol. The molecular formula is C19H20BrClFNO4S. The molecule has 0 aliphatic heterocycles. The number of hydrogen-bond acceptors (Lipinski definition) is 4. The maximum absolute atomic E-state index is 14.5. The van der Waals surface area contributed by atoms with Crippen molar-refractivity contribution in [1.29, 1.82) is 0 Å². The van der Waals surface area contributed by atoms with Crippen LogP contribution in [0, 0.1) is 19.7 Å². The van der Waals surface area contributed by atoms with Gasteiger partial charge in [0.15, 0.2) is 0 Å². The molecule has 0 saturated heterocycles. The van der Waals surface area contributed by atoms with Crippen LogP contribution in [0.2, 0.25) is 5.02 Å². The van der Waals surface area contributed by atoms with Crippen molar-refractivity contribution in [2.75, 3.05) is 7.11 Å². The second-order valence-electron chi connectivity index (χ2n) is 6.39. The standard InChI is InChI=1S/C19H20BrClFNO4S/c1-10-5-7-15(22)17(11(10)2)12(3)18(19(24)27-4)23-28(25,26)16-8-6-13(21)9-14(16)20/h5-9,12,18,23H,1-4H3/t12?,18-/m0/s1. The Balaban J connectivity index is 2.50. The molecule has 0 heterocycles. The molecule has 2 aromatic carbocycles. The summed E-state index contributed by atoms with van der Waals surface area (Å²) in [6.07, 6.45) is 0. The molecule has 0 bridgehead atoms. The number of rotatable bonds is 6. The monoisotopic (exact) mass is 491 g/mol. The van der Waals surface area contributed by atoms with E-state index in [0.717, 1.165) is 12.7 Å². The molecule has 2 rings (SSSR count). The Kier molecular flexibility index (Phi) is 7.25. The van der Waals surface area contributed by atoms with E-state index < -0.39 is 33.8 Å². The number of esters is 1. The van der Waals surface area contributed by atoms with E-state index in [4.69, 9.17) is 16.3 Å². The van der Waals surface area contributed by atoms with Crippen molar-refractivity contribution in [3.8, 4) is 0 Å². The van der Waals surface area contributed by atoms with Gasteiger partial charge in [0.1, 0.15) is 11.9 Å². The number of carbonyl (C=O) groups is 1. The maximum atomic E-state index is 14.5. The highest BCUT2D eigenvalue weighted by atomic mass is 79.9. The molecule has 152 valence electrons. The normalized spacial score (nSPS) is 13.8. The molecule has 9 heteroatoms. The van der Waals surface area contributed by atoms with E-state index in [9.17, 15) is 17.6 Å². The lowest BCUT2D eigenvalue weighted by molar-refractivity contribution is -0.143. The minimum absolute atomic E-state index is 0.0977. The molecule has 5 nitrogen and oxygen atoms in total. The number of methoxy groups -OCH3 is 1. The minimum Gasteiger partial charge on any atom is -0.468 e. The lowest BCUT2D eigenvalue weighted by atomic mass is 9.88. The lowest BCUT2D eigenvalue weighted by Crippen LogP contribution is -2.45. The summed E-state index contributed by atoms with van der Waals surface area (Å²) >= 11 is 9.03. The van der Waals surface area contributed by atoms with Crippen molar-refractivity contribution in [3.05, 3.63) is 62.3 Å². The zero-order valence-corrected chi connectivity index (χ0v) is 18.9. The average molecular weight is 493 g/mol. The first-order chi connectivity index (χ1) is 13.0. The Bertz CT molecular complexity index is 1010. The molecule has 1 unspecified atom stereocenters. The second kappa shape index (κ2) is 8.90. The molecule has 0 aromatic heterocycles. The van der Waals surface area contributed by atoms with Gasteiger partial charge in [-0.25, -0.2) is 12.8 Å². The molecule has 0 radical (unpaired) electrons. The van der Waals surface area contributed by atoms with Gasteiger partial charge in [0, 0.05) is 15.4 Å². The molecule has 0 amide bonds. The summed E-state index contributed by atoms with van der Waals surface area (Å²) in [5.74, 6) is -2.15. The average Bonchev–Trinajstić information content (AvgIpc) is 2.62. The fourth-order valence-corrected chi connectivity index (χ4v) is 5.58. The molecular weight excluding hydrogens is 473 g/mol. The molecule has 0 aliphatic carbocycles. The van der Waals surface area contributed by atoms with Crippen molar-refractivity contribution < 1.29 is 22.3 Å². The van der Waals surface area contributed by atoms with E-state index in [2.05, 4.69) is 20.7 Å². The van der Waals surface area contributed by atoms with Gasteiger partial charge in [-0.15, -0.1) is 0 Å². The summed E-state index contributed by atoms with van der Waals surface area (Å²) in [6.45, 7) is 5.11. The molecule has 28 heavy (non-hydrogen) atoms. The number of nitrogens with one attached hydrogen (secondary N) is 1. The van der Waals surface area contributed by atoms with Crippen LogP contribution in [0.3, 0.4) is 0 Å². The van der Waals surface area contributed by atoms with Crippen LogP contribution in [0.5, 0.6) is 0 Å². The van der Waals surface area contributed by atoms with Gasteiger partial charge in [-0.05, 0) is 70.7 Å². The van der Waals surface area contributed by atoms with Gasteiger partial charge in [-0.3, -0.25) is 4.79 Å². The third kappa shape index (κ3) is 4.74. The fraction of sp³-hybridized carbons (Fsp3) is 0.316. The molecule has 2 aromatic rings. The highest BCUT2D eigenvalue weighted by molar-refractivity contribution is 9.10. The first kappa shape index (κ1) is 22.8. The quantitative estimate of drug-likeness (QED) is 0.604. The number of ether oxygens (including phenoxy) is 1. The van der Waals surface area contributed by atoms with Crippen molar-refractivity contribution in [2.24, 2.45) is 0 Å². The van der Waals surface area contributed by atoms with Crippen LogP contribution in [-0.2, 0) is 19.6 Å². The maximum Gasteiger partial charge on any atom is 0.324 e. The first-order valence-electron chi connectivity index (χ1n) is 8.30. The van der Waals surface area contributed by atoms with Crippen LogP contribution in [0.1, 0.15) is 29.5 Å². The van der Waals surface area contributed by atoms with E-state index in [0.29, 0.717) is 10.6 Å². The summed E-state index contributed by atoms with van der Waals surface area (Å²) in [6, 6.07) is 5.76. The minimum atomic E-state index is -4.13. The first-order valence-corrected chi connectivity index (χ1v) is 11.0. The summed E-state index contributed by atoms with van der Waals surface area (Å²) in [7, 11) is -2.98. The molecule has 1 N–H and O–H groups in total. The van der Waals surface area contributed by atoms with Crippen LogP contribution >= 0.6 is 27.5 Å². The Morgan fingerprint density at radius 2 is 1.89 bits per heavy atom. The zero-order valence-electron chi connectivity index (χ0n) is 15.7. The molecule has 0 aliphatic rings. The third-order valence-corrected chi connectivity index (χ3v) is 7.26. The van der Waals surface area contributed by atoms with Crippen LogP contribution in [-0.4, -0.2) is 27.5 Å². The molecule has 2 atom stereocenters. The highest BCUT2D eigenvalue weighted by Crippen LogP contribution is 2.30. The van der Waals surface area contributed by atoms with Crippen molar-refractivity contribution in [3.63, 3.8) is 0 Å². The van der Waals surface area contributed by atoms with Gasteiger partial charge >= 0.3 is 5.97 Å². The lowest BCUT2D eigenvalue weighted by Gasteiger charge is -2.25. The summed E-state index contributed by atoms with van der Waals surface area (Å²) in [5.41, 5.74) is 1.73. The second-order valence-corrected chi connectivity index (χ2v) is 9.36. The number of carbonyl (C=O) groups excluding carboxylic acids is 1. The fourth-order valence-electron chi connectivity index (χ4n) is 2.94. The van der Waals surface area contributed by atoms with E-state index in [1.807, 2.05) is 6.92 Å². The van der Waals surface area contributed by atoms with Gasteiger partial charge < -0.3 is 4.74 Å². The van der Waals surface area contributed by atoms with E-state index >= 15 is 0 Å². The number of sulfonamides is 1. The largest absolute Gasteiger partial charge is 0.468 e. The Hall–Kier alpha value is -1.48. The van der Waals surface area contributed by atoms with Crippen LogP contribution in [0.25, 0.3) is 0 Å². The molecule has 0 spiro atoms. The van der Waals surface area contributed by atoms with E-state index in [1.165, 1.54) is 24.3 Å². The van der Waals surface area contributed by atoms with E-state index in [1.54, 1.807) is 19.9 Å². The van der Waals surface area contributed by atoms with Crippen molar-refractivity contribution in [2.45, 2.75) is 37.6 Å². The SMILES string of the molecule is COC(=O)[C@@H](NS(=O)(=O)c1ccc(Cl)cc1Br)C(C)c1c(F)ccc(C)c1C. The third-order valence-electron chi connectivity index (χ3n) is 4.61. The molecule has 0 saturated carbocycles. The van der Waals surface area contributed by atoms with Gasteiger partial charge in [-0.1, -0.05) is 24.6 Å². The number of aryl methyl sites for hydroxylation is 1. The Labute approximate surface area is 177 Å². The topological polar surface area (TPSA) is 72.5 Å².